The average molecular weight is 422 g/mol. The first-order valence-corrected chi connectivity index (χ1v) is 10.1. The largest absolute Gasteiger partial charge is 0.365 e. The van der Waals surface area contributed by atoms with Crippen molar-refractivity contribution in [2.75, 3.05) is 6.61 Å². The van der Waals surface area contributed by atoms with Gasteiger partial charge in [0.05, 0.1) is 28.9 Å². The van der Waals surface area contributed by atoms with Crippen LogP contribution >= 0.6 is 11.6 Å². The molecule has 0 unspecified atom stereocenters. The lowest BCUT2D eigenvalue weighted by atomic mass is 10.0. The van der Waals surface area contributed by atoms with E-state index in [9.17, 15) is 9.59 Å². The molecule has 1 aliphatic heterocycles. The van der Waals surface area contributed by atoms with Gasteiger partial charge in [-0.05, 0) is 23.3 Å². The van der Waals surface area contributed by atoms with Gasteiger partial charge in [0.2, 0.25) is 0 Å². The highest BCUT2D eigenvalue weighted by molar-refractivity contribution is 6.30. The van der Waals surface area contributed by atoms with E-state index < -0.39 is 6.10 Å². The zero-order valence-corrected chi connectivity index (χ0v) is 17.4. The summed E-state index contributed by atoms with van der Waals surface area (Å²) in [6, 6.07) is 17.3. The maximum atomic E-state index is 13.3. The first kappa shape index (κ1) is 18.9. The van der Waals surface area contributed by atoms with Crippen molar-refractivity contribution in [1.82, 2.24) is 13.7 Å². The van der Waals surface area contributed by atoms with Crippen LogP contribution in [0, 0.1) is 0 Å². The highest BCUT2D eigenvalue weighted by Gasteiger charge is 2.32. The van der Waals surface area contributed by atoms with Crippen LogP contribution < -0.4 is 11.2 Å². The molecule has 0 fully saturated rings. The molecule has 0 bridgehead atoms. The van der Waals surface area contributed by atoms with E-state index in [4.69, 9.17) is 16.3 Å². The van der Waals surface area contributed by atoms with Crippen LogP contribution in [0.1, 0.15) is 17.4 Å². The number of fused-ring (bicyclic) bond motifs is 3. The van der Waals surface area contributed by atoms with Gasteiger partial charge in [-0.25, -0.2) is 4.79 Å². The smallest absolute Gasteiger partial charge is 0.331 e. The third-order valence-electron chi connectivity index (χ3n) is 5.77. The van der Waals surface area contributed by atoms with Crippen LogP contribution in [0.2, 0.25) is 5.02 Å². The third kappa shape index (κ3) is 2.68. The van der Waals surface area contributed by atoms with E-state index in [1.807, 2.05) is 54.6 Å². The molecule has 6 nitrogen and oxygen atoms in total. The van der Waals surface area contributed by atoms with Crippen molar-refractivity contribution in [2.24, 2.45) is 14.1 Å². The number of aryl methyl sites for hydroxylation is 1. The van der Waals surface area contributed by atoms with Gasteiger partial charge in [0.15, 0.2) is 0 Å². The molecule has 0 N–H and O–H groups in total. The van der Waals surface area contributed by atoms with E-state index >= 15 is 0 Å². The van der Waals surface area contributed by atoms with Gasteiger partial charge in [0.25, 0.3) is 5.56 Å². The Bertz CT molecular complexity index is 1380. The topological polar surface area (TPSA) is 58.2 Å². The van der Waals surface area contributed by atoms with E-state index in [0.29, 0.717) is 29.1 Å². The standard InChI is InChI=1S/C23H20ClN3O3/c1-25-19-17(22(28)26(2)23(25)29)18(14-6-4-3-5-7-14)27-12-13-30-21(20(19)27)15-8-10-16(24)11-9-15/h3-11,21H,12-13H2,1-2H3/t21-/m0/s1. The minimum Gasteiger partial charge on any atom is -0.365 e. The Morgan fingerprint density at radius 1 is 0.967 bits per heavy atom. The SMILES string of the molecule is Cn1c(=O)c2c(-c3ccccc3)n3c(c2n(C)c1=O)[C@H](c1ccc(Cl)cc1)OCC3. The van der Waals surface area contributed by atoms with Crippen molar-refractivity contribution in [3.05, 3.63) is 91.7 Å². The van der Waals surface area contributed by atoms with Gasteiger partial charge in [0, 0.05) is 25.7 Å². The summed E-state index contributed by atoms with van der Waals surface area (Å²) in [5, 5.41) is 1.17. The number of halogens is 1. The van der Waals surface area contributed by atoms with Crippen LogP contribution in [0.3, 0.4) is 0 Å². The normalized spacial score (nSPS) is 16.0. The van der Waals surface area contributed by atoms with Crippen LogP contribution in [0.25, 0.3) is 22.2 Å². The Balaban J connectivity index is 1.94. The van der Waals surface area contributed by atoms with Crippen molar-refractivity contribution >= 4 is 22.5 Å². The summed E-state index contributed by atoms with van der Waals surface area (Å²) in [7, 11) is 3.22. The molecule has 0 saturated carbocycles. The highest BCUT2D eigenvalue weighted by Crippen LogP contribution is 2.40. The van der Waals surface area contributed by atoms with Crippen molar-refractivity contribution in [2.45, 2.75) is 12.6 Å². The molecule has 3 heterocycles. The number of benzene rings is 2. The Kier molecular flexibility index (Phi) is 4.41. The number of hydrogen-bond acceptors (Lipinski definition) is 3. The summed E-state index contributed by atoms with van der Waals surface area (Å²) < 4.78 is 11.0. The summed E-state index contributed by atoms with van der Waals surface area (Å²) in [5.74, 6) is 0. The summed E-state index contributed by atoms with van der Waals surface area (Å²) in [4.78, 5) is 26.1. The van der Waals surface area contributed by atoms with E-state index in [-0.39, 0.29) is 11.2 Å². The van der Waals surface area contributed by atoms with Gasteiger partial charge < -0.3 is 9.30 Å². The van der Waals surface area contributed by atoms with Crippen LogP contribution in [0.4, 0.5) is 0 Å². The summed E-state index contributed by atoms with van der Waals surface area (Å²) in [6.07, 6.45) is -0.409. The zero-order chi connectivity index (χ0) is 21.0. The number of ether oxygens (including phenoxy) is 1. The van der Waals surface area contributed by atoms with Crippen LogP contribution in [-0.2, 0) is 25.4 Å². The van der Waals surface area contributed by atoms with Gasteiger partial charge in [-0.15, -0.1) is 0 Å². The molecule has 0 amide bonds. The van der Waals surface area contributed by atoms with E-state index in [0.717, 1.165) is 22.5 Å². The third-order valence-corrected chi connectivity index (χ3v) is 6.02. The van der Waals surface area contributed by atoms with Gasteiger partial charge in [0.1, 0.15) is 6.10 Å². The van der Waals surface area contributed by atoms with E-state index in [1.165, 1.54) is 11.6 Å². The van der Waals surface area contributed by atoms with Crippen molar-refractivity contribution < 1.29 is 4.74 Å². The molecule has 5 rings (SSSR count). The lowest BCUT2D eigenvalue weighted by Gasteiger charge is -2.27. The molecule has 0 radical (unpaired) electrons. The maximum Gasteiger partial charge on any atom is 0.331 e. The first-order chi connectivity index (χ1) is 14.5. The monoisotopic (exact) mass is 421 g/mol. The molecule has 0 aliphatic carbocycles. The average Bonchev–Trinajstić information content (AvgIpc) is 3.13. The van der Waals surface area contributed by atoms with Crippen LogP contribution in [0.15, 0.2) is 64.2 Å². The molecule has 7 heteroatoms. The highest BCUT2D eigenvalue weighted by atomic mass is 35.5. The number of aromatic nitrogens is 3. The Morgan fingerprint density at radius 2 is 1.67 bits per heavy atom. The van der Waals surface area contributed by atoms with E-state index in [2.05, 4.69) is 4.57 Å². The van der Waals surface area contributed by atoms with Gasteiger partial charge in [-0.2, -0.15) is 0 Å². The second-order valence-electron chi connectivity index (χ2n) is 7.48. The predicted octanol–water partition coefficient (Wildman–Crippen LogP) is 3.48. The fourth-order valence-electron chi connectivity index (χ4n) is 4.37. The molecule has 4 aromatic rings. The van der Waals surface area contributed by atoms with Gasteiger partial charge in [-0.3, -0.25) is 13.9 Å². The molecule has 0 saturated heterocycles. The molecular formula is C23H20ClN3O3. The van der Waals surface area contributed by atoms with Gasteiger partial charge >= 0.3 is 5.69 Å². The molecule has 0 spiro atoms. The maximum absolute atomic E-state index is 13.3. The zero-order valence-electron chi connectivity index (χ0n) is 16.6. The summed E-state index contributed by atoms with van der Waals surface area (Å²) in [6.45, 7) is 1.09. The fourth-order valence-corrected chi connectivity index (χ4v) is 4.49. The minimum absolute atomic E-state index is 0.302. The number of rotatable bonds is 2. The number of nitrogens with zero attached hydrogens (tertiary/aromatic N) is 3. The van der Waals surface area contributed by atoms with Crippen LogP contribution in [0.5, 0.6) is 0 Å². The predicted molar refractivity (Wildman–Crippen MR) is 117 cm³/mol. The summed E-state index contributed by atoms with van der Waals surface area (Å²) >= 11 is 6.08. The lowest BCUT2D eigenvalue weighted by molar-refractivity contribution is 0.0478. The van der Waals surface area contributed by atoms with Crippen molar-refractivity contribution in [3.63, 3.8) is 0 Å². The number of hydrogen-bond donors (Lipinski definition) is 0. The van der Waals surface area contributed by atoms with Crippen LogP contribution in [-0.4, -0.2) is 20.3 Å². The second kappa shape index (κ2) is 7.00. The molecular weight excluding hydrogens is 402 g/mol. The molecule has 152 valence electrons. The Morgan fingerprint density at radius 3 is 2.37 bits per heavy atom. The Labute approximate surface area is 177 Å². The first-order valence-electron chi connectivity index (χ1n) is 9.73. The van der Waals surface area contributed by atoms with Crippen molar-refractivity contribution in [3.8, 4) is 11.3 Å². The molecule has 2 aromatic heterocycles. The molecule has 1 aliphatic rings. The molecule has 2 aromatic carbocycles. The minimum atomic E-state index is -0.409. The van der Waals surface area contributed by atoms with Crippen molar-refractivity contribution in [1.29, 1.82) is 0 Å². The summed E-state index contributed by atoms with van der Waals surface area (Å²) in [5.41, 5.74) is 3.44. The van der Waals surface area contributed by atoms with E-state index in [1.54, 1.807) is 11.6 Å². The molecule has 30 heavy (non-hydrogen) atoms. The lowest BCUT2D eigenvalue weighted by Crippen LogP contribution is -2.37. The second-order valence-corrected chi connectivity index (χ2v) is 7.92. The quantitative estimate of drug-likeness (QED) is 0.498. The van der Waals surface area contributed by atoms with Gasteiger partial charge in [-0.1, -0.05) is 54.1 Å². The molecule has 1 atom stereocenters. The Hall–Kier alpha value is -3.09. The fraction of sp³-hybridized carbons (Fsp3) is 0.217.